The Morgan fingerprint density at radius 2 is 1.95 bits per heavy atom. The van der Waals surface area contributed by atoms with E-state index in [1.807, 2.05) is 19.2 Å². The summed E-state index contributed by atoms with van der Waals surface area (Å²) in [4.78, 5) is 43.7. The van der Waals surface area contributed by atoms with Gasteiger partial charge in [-0.3, -0.25) is 24.6 Å². The fourth-order valence-electron chi connectivity index (χ4n) is 3.99. The third-order valence-electron chi connectivity index (χ3n) is 5.75. The molecule has 37 heavy (non-hydrogen) atoms. The highest BCUT2D eigenvalue weighted by atomic mass is 32.1. The summed E-state index contributed by atoms with van der Waals surface area (Å²) < 4.78 is 6.21. The van der Waals surface area contributed by atoms with E-state index in [4.69, 9.17) is 4.74 Å². The Morgan fingerprint density at radius 1 is 1.19 bits per heavy atom. The first-order valence-electron chi connectivity index (χ1n) is 11.4. The van der Waals surface area contributed by atoms with Crippen LogP contribution in [0.4, 0.5) is 10.8 Å². The lowest BCUT2D eigenvalue weighted by atomic mass is 10.00. The van der Waals surface area contributed by atoms with Crippen molar-refractivity contribution in [3.8, 4) is 5.75 Å². The molecule has 0 spiro atoms. The quantitative estimate of drug-likeness (QED) is 0.102. The number of thiazole rings is 1. The number of amides is 1. The molecule has 0 radical (unpaired) electrons. The molecule has 1 N–H and O–H groups in total. The van der Waals surface area contributed by atoms with E-state index in [0.29, 0.717) is 38.9 Å². The molecule has 1 saturated heterocycles. The number of aromatic nitrogens is 1. The number of benzene rings is 2. The zero-order valence-electron chi connectivity index (χ0n) is 19.8. The fourth-order valence-corrected chi connectivity index (χ4v) is 5.84. The molecule has 3 heterocycles. The number of anilines is 1. The van der Waals surface area contributed by atoms with Crippen LogP contribution in [0.15, 0.2) is 65.6 Å². The van der Waals surface area contributed by atoms with Crippen molar-refractivity contribution in [3.05, 3.63) is 86.1 Å². The molecule has 9 nitrogen and oxygen atoms in total. The highest BCUT2D eigenvalue weighted by Gasteiger charge is 2.48. The molecule has 188 valence electrons. The van der Waals surface area contributed by atoms with E-state index in [2.05, 4.69) is 4.98 Å². The number of hydrogen-bond donors (Lipinski definition) is 1. The largest absolute Gasteiger partial charge is 0.507 e. The number of carbonyl (C=O) groups is 2. The minimum Gasteiger partial charge on any atom is -0.507 e. The molecule has 2 aromatic heterocycles. The first-order chi connectivity index (χ1) is 17.7. The SMILES string of the molecule is CC(C)COc1ccc(/C(O)=C2\C(=O)C(=O)N(c3nc4ccc([N+](=O)[O-])cc4s3)C2c2cccs2)cc1. The molecule has 1 aliphatic heterocycles. The van der Waals surface area contributed by atoms with Crippen molar-refractivity contribution in [2.24, 2.45) is 5.92 Å². The molecule has 1 unspecified atom stereocenters. The first kappa shape index (κ1) is 24.6. The molecule has 1 atom stereocenters. The van der Waals surface area contributed by atoms with Crippen LogP contribution < -0.4 is 9.64 Å². The lowest BCUT2D eigenvalue weighted by molar-refractivity contribution is -0.384. The lowest BCUT2D eigenvalue weighted by Gasteiger charge is -2.21. The highest BCUT2D eigenvalue weighted by Crippen LogP contribution is 2.45. The van der Waals surface area contributed by atoms with Crippen molar-refractivity contribution >= 4 is 61.2 Å². The summed E-state index contributed by atoms with van der Waals surface area (Å²) >= 11 is 2.41. The third-order valence-corrected chi connectivity index (χ3v) is 7.69. The summed E-state index contributed by atoms with van der Waals surface area (Å²) in [6.45, 7) is 4.62. The van der Waals surface area contributed by atoms with E-state index in [9.17, 15) is 24.8 Å². The predicted octanol–water partition coefficient (Wildman–Crippen LogP) is 5.93. The van der Waals surface area contributed by atoms with Gasteiger partial charge in [0.05, 0.1) is 27.3 Å². The average Bonchev–Trinajstić information content (AvgIpc) is 3.61. The number of aliphatic hydroxyl groups is 1. The fraction of sp³-hybridized carbons (Fsp3) is 0.192. The van der Waals surface area contributed by atoms with E-state index in [-0.39, 0.29) is 22.2 Å². The Hall–Kier alpha value is -4.09. The molecule has 1 fully saturated rings. The van der Waals surface area contributed by atoms with Crippen LogP contribution in [0.1, 0.15) is 30.3 Å². The predicted molar refractivity (Wildman–Crippen MR) is 142 cm³/mol. The van der Waals surface area contributed by atoms with Gasteiger partial charge in [0.25, 0.3) is 11.5 Å². The Bertz CT molecular complexity index is 1540. The van der Waals surface area contributed by atoms with Crippen molar-refractivity contribution in [1.29, 1.82) is 0 Å². The normalized spacial score (nSPS) is 17.2. The monoisotopic (exact) mass is 535 g/mol. The second-order valence-corrected chi connectivity index (χ2v) is 10.8. The summed E-state index contributed by atoms with van der Waals surface area (Å²) in [6, 6.07) is 13.6. The smallest absolute Gasteiger partial charge is 0.301 e. The van der Waals surface area contributed by atoms with Crippen LogP contribution in [0.25, 0.3) is 16.0 Å². The van der Waals surface area contributed by atoms with Gasteiger partial charge < -0.3 is 9.84 Å². The van der Waals surface area contributed by atoms with Gasteiger partial charge in [-0.2, -0.15) is 0 Å². The number of hydrogen-bond acceptors (Lipinski definition) is 9. The Labute approximate surface area is 219 Å². The summed E-state index contributed by atoms with van der Waals surface area (Å²) in [7, 11) is 0. The number of nitrogens with zero attached hydrogens (tertiary/aromatic N) is 3. The van der Waals surface area contributed by atoms with Gasteiger partial charge >= 0.3 is 5.91 Å². The standard InChI is InChI=1S/C26H21N3O6S2/c1-14(2)13-35-17-8-5-15(6-9-17)23(30)21-22(19-4-3-11-36-19)28(25(32)24(21)31)26-27-18-10-7-16(29(33)34)12-20(18)37-26/h3-12,14,22,30H,13H2,1-2H3/b23-21+. The van der Waals surface area contributed by atoms with Gasteiger partial charge in [-0.05, 0) is 47.7 Å². The minimum absolute atomic E-state index is 0.0477. The van der Waals surface area contributed by atoms with E-state index in [1.54, 1.807) is 36.4 Å². The van der Waals surface area contributed by atoms with Crippen LogP contribution in [0, 0.1) is 16.0 Å². The van der Waals surface area contributed by atoms with Crippen LogP contribution in [-0.4, -0.2) is 33.3 Å². The van der Waals surface area contributed by atoms with Crippen LogP contribution in [0.3, 0.4) is 0 Å². The van der Waals surface area contributed by atoms with Crippen LogP contribution in [0.5, 0.6) is 5.75 Å². The van der Waals surface area contributed by atoms with Gasteiger partial charge in [-0.25, -0.2) is 4.98 Å². The number of thiophene rings is 1. The number of carbonyl (C=O) groups excluding carboxylic acids is 2. The molecular weight excluding hydrogens is 514 g/mol. The lowest BCUT2D eigenvalue weighted by Crippen LogP contribution is -2.28. The number of ketones is 1. The molecule has 1 amide bonds. The van der Waals surface area contributed by atoms with Gasteiger partial charge in [0.2, 0.25) is 0 Å². The Morgan fingerprint density at radius 3 is 2.59 bits per heavy atom. The van der Waals surface area contributed by atoms with Gasteiger partial charge in [0.1, 0.15) is 17.6 Å². The number of aliphatic hydroxyl groups excluding tert-OH is 1. The van der Waals surface area contributed by atoms with Crippen LogP contribution in [-0.2, 0) is 9.59 Å². The molecule has 0 bridgehead atoms. The third kappa shape index (κ3) is 4.58. The number of ether oxygens (including phenoxy) is 1. The molecule has 1 aliphatic rings. The van der Waals surface area contributed by atoms with Crippen molar-refractivity contribution < 1.29 is 24.4 Å². The van der Waals surface area contributed by atoms with E-state index in [1.165, 1.54) is 34.4 Å². The molecule has 2 aromatic carbocycles. The van der Waals surface area contributed by atoms with Crippen molar-refractivity contribution in [2.75, 3.05) is 11.5 Å². The molecular formula is C26H21N3O6S2. The van der Waals surface area contributed by atoms with Crippen LogP contribution in [0.2, 0.25) is 0 Å². The highest BCUT2D eigenvalue weighted by molar-refractivity contribution is 7.22. The topological polar surface area (TPSA) is 123 Å². The number of rotatable bonds is 7. The molecule has 0 aliphatic carbocycles. The number of Topliss-reactive ketones (excluding diaryl/α,β-unsaturated/α-hetero) is 1. The minimum atomic E-state index is -0.896. The number of non-ortho nitro benzene ring substituents is 1. The van der Waals surface area contributed by atoms with Gasteiger partial charge in [0, 0.05) is 22.6 Å². The molecule has 11 heteroatoms. The second kappa shape index (κ2) is 9.75. The van der Waals surface area contributed by atoms with Crippen molar-refractivity contribution in [2.45, 2.75) is 19.9 Å². The average molecular weight is 536 g/mol. The van der Waals surface area contributed by atoms with Crippen molar-refractivity contribution in [3.63, 3.8) is 0 Å². The zero-order chi connectivity index (χ0) is 26.3. The summed E-state index contributed by atoms with van der Waals surface area (Å²) in [5.74, 6) is -0.981. The molecule has 5 rings (SSSR count). The maximum absolute atomic E-state index is 13.3. The molecule has 4 aromatic rings. The molecule has 0 saturated carbocycles. The van der Waals surface area contributed by atoms with Gasteiger partial charge in [0.15, 0.2) is 5.13 Å². The van der Waals surface area contributed by atoms with Gasteiger partial charge in [-0.1, -0.05) is 31.3 Å². The zero-order valence-corrected chi connectivity index (χ0v) is 21.4. The summed E-state index contributed by atoms with van der Waals surface area (Å²) in [5, 5.41) is 24.5. The maximum atomic E-state index is 13.3. The van der Waals surface area contributed by atoms with Crippen LogP contribution >= 0.6 is 22.7 Å². The van der Waals surface area contributed by atoms with Gasteiger partial charge in [-0.15, -0.1) is 11.3 Å². The second-order valence-electron chi connectivity index (χ2n) is 8.82. The first-order valence-corrected chi connectivity index (χ1v) is 13.1. The number of nitro groups is 1. The van der Waals surface area contributed by atoms with E-state index >= 15 is 0 Å². The maximum Gasteiger partial charge on any atom is 0.301 e. The Kier molecular flexibility index (Phi) is 6.48. The number of nitro benzene ring substituents is 1. The van der Waals surface area contributed by atoms with Crippen molar-refractivity contribution in [1.82, 2.24) is 4.98 Å². The number of fused-ring (bicyclic) bond motifs is 1. The summed E-state index contributed by atoms with van der Waals surface area (Å²) in [5.41, 5.74) is 0.694. The Balaban J connectivity index is 1.59. The van der Waals surface area contributed by atoms with E-state index in [0.717, 1.165) is 11.3 Å². The summed E-state index contributed by atoms with van der Waals surface area (Å²) in [6.07, 6.45) is 0. The van der Waals surface area contributed by atoms with E-state index < -0.39 is 22.7 Å².